The van der Waals surface area contributed by atoms with E-state index in [1.54, 1.807) is 0 Å². The molecule has 0 spiro atoms. The number of nitrogens with zero attached hydrogens (tertiary/aromatic N) is 3. The van der Waals surface area contributed by atoms with Crippen LogP contribution in [0.25, 0.3) is 65.5 Å². The van der Waals surface area contributed by atoms with E-state index in [0.29, 0.717) is 17.5 Å². The number of benzene rings is 8. The van der Waals surface area contributed by atoms with E-state index in [4.69, 9.17) is 15.0 Å². The summed E-state index contributed by atoms with van der Waals surface area (Å²) in [7, 11) is 0. The molecule has 0 N–H and O–H groups in total. The van der Waals surface area contributed by atoms with E-state index in [0.717, 1.165) is 33.2 Å². The van der Waals surface area contributed by atoms with E-state index >= 15 is 0 Å². The first-order chi connectivity index (χ1) is 27.8. The van der Waals surface area contributed by atoms with Gasteiger partial charge >= 0.3 is 0 Å². The lowest BCUT2D eigenvalue weighted by Gasteiger charge is -2.37. The minimum Gasteiger partial charge on any atom is -0.208 e. The van der Waals surface area contributed by atoms with Crippen molar-refractivity contribution >= 4 is 31.5 Å². The second-order valence-corrected chi connectivity index (χ2v) is 15.0. The van der Waals surface area contributed by atoms with Crippen LogP contribution in [0.2, 0.25) is 0 Å². The molecule has 0 aliphatic rings. The minimum absolute atomic E-state index is 0.562. The number of rotatable bonds is 8. The molecule has 0 radical (unpaired) electrons. The van der Waals surface area contributed by atoms with Crippen LogP contribution in [0.4, 0.5) is 0 Å². The second-order valence-electron chi connectivity index (χ2n) is 14.0. The Morgan fingerprint density at radius 2 is 0.768 bits per heavy atom. The fraction of sp³-hybridized carbons (Fsp3) is 0.0192. The molecule has 10 aromatic rings. The van der Waals surface area contributed by atoms with Gasteiger partial charge in [0.2, 0.25) is 0 Å². The van der Waals surface area contributed by atoms with Gasteiger partial charge < -0.3 is 0 Å². The molecule has 0 saturated carbocycles. The molecule has 0 aliphatic heterocycles. The van der Waals surface area contributed by atoms with Gasteiger partial charge in [0.15, 0.2) is 17.5 Å². The molecular weight excluding hydrogens is 699 g/mol. The Labute approximate surface area is 330 Å². The first-order valence-corrected chi connectivity index (χ1v) is 19.7. The molecule has 0 saturated heterocycles. The van der Waals surface area contributed by atoms with Gasteiger partial charge in [-0.15, -0.1) is 11.3 Å². The minimum atomic E-state index is -0.562. The number of hydrogen-bond donors (Lipinski definition) is 0. The van der Waals surface area contributed by atoms with Crippen LogP contribution in [0.1, 0.15) is 22.3 Å². The van der Waals surface area contributed by atoms with Gasteiger partial charge in [-0.25, -0.2) is 15.0 Å². The van der Waals surface area contributed by atoms with E-state index in [1.807, 2.05) is 47.7 Å². The maximum absolute atomic E-state index is 5.23. The molecule has 264 valence electrons. The number of aromatic nitrogens is 3. The summed E-state index contributed by atoms with van der Waals surface area (Å²) in [5.74, 6) is 1.94. The van der Waals surface area contributed by atoms with E-state index in [9.17, 15) is 0 Å². The highest BCUT2D eigenvalue weighted by atomic mass is 32.1. The van der Waals surface area contributed by atoms with Crippen molar-refractivity contribution < 1.29 is 0 Å². The van der Waals surface area contributed by atoms with Gasteiger partial charge in [-0.2, -0.15) is 0 Å². The average Bonchev–Trinajstić information content (AvgIpc) is 3.67. The zero-order valence-corrected chi connectivity index (χ0v) is 31.3. The first-order valence-electron chi connectivity index (χ1n) is 18.9. The molecule has 4 heteroatoms. The van der Waals surface area contributed by atoms with Gasteiger partial charge in [-0.05, 0) is 57.6 Å². The Morgan fingerprint density at radius 1 is 0.321 bits per heavy atom. The Balaban J connectivity index is 1.24. The summed E-state index contributed by atoms with van der Waals surface area (Å²) < 4.78 is 2.42. The molecule has 56 heavy (non-hydrogen) atoms. The van der Waals surface area contributed by atoms with Crippen LogP contribution in [0.3, 0.4) is 0 Å². The van der Waals surface area contributed by atoms with Crippen molar-refractivity contribution in [2.45, 2.75) is 5.41 Å². The lowest BCUT2D eigenvalue weighted by Crippen LogP contribution is -2.31. The van der Waals surface area contributed by atoms with Crippen molar-refractivity contribution in [1.29, 1.82) is 0 Å². The summed E-state index contributed by atoms with van der Waals surface area (Å²) in [6.45, 7) is 0. The standard InChI is InChI=1S/C52H35N3S/c1-6-19-36(20-7-1)49-53-50(37-21-8-2-9-22-37)55-51(54-49)45-34-39(35-47-48(45)44-31-16-17-32-46(44)56-47)38-23-18-30-43(33-38)52(40-24-10-3-11-25-40,41-26-12-4-13-27-41)42-28-14-5-15-29-42/h1-35H. The zero-order valence-electron chi connectivity index (χ0n) is 30.5. The molecule has 0 atom stereocenters. The van der Waals surface area contributed by atoms with Crippen molar-refractivity contribution in [1.82, 2.24) is 15.0 Å². The predicted octanol–water partition coefficient (Wildman–Crippen LogP) is 13.3. The molecule has 0 amide bonds. The lowest BCUT2D eigenvalue weighted by atomic mass is 9.65. The normalized spacial score (nSPS) is 11.6. The number of hydrogen-bond acceptors (Lipinski definition) is 4. The Hall–Kier alpha value is -7.01. The molecule has 8 aromatic carbocycles. The van der Waals surface area contributed by atoms with E-state index in [-0.39, 0.29) is 0 Å². The molecular formula is C52H35N3S. The summed E-state index contributed by atoms with van der Waals surface area (Å²) in [5, 5.41) is 2.35. The Morgan fingerprint density at radius 3 is 1.32 bits per heavy atom. The van der Waals surface area contributed by atoms with Gasteiger partial charge in [-0.1, -0.05) is 188 Å². The Kier molecular flexibility index (Phi) is 8.59. The third-order valence-corrected chi connectivity index (χ3v) is 11.8. The quantitative estimate of drug-likeness (QED) is 0.146. The van der Waals surface area contributed by atoms with Crippen LogP contribution in [0.15, 0.2) is 212 Å². The van der Waals surface area contributed by atoms with E-state index in [1.165, 1.54) is 37.0 Å². The Bertz CT molecular complexity index is 2790. The molecule has 3 nitrogen and oxygen atoms in total. The van der Waals surface area contributed by atoms with Crippen LogP contribution in [0, 0.1) is 0 Å². The van der Waals surface area contributed by atoms with Gasteiger partial charge in [0.05, 0.1) is 5.41 Å². The number of fused-ring (bicyclic) bond motifs is 3. The zero-order chi connectivity index (χ0) is 37.3. The van der Waals surface area contributed by atoms with Gasteiger partial charge in [-0.3, -0.25) is 0 Å². The monoisotopic (exact) mass is 733 g/mol. The predicted molar refractivity (Wildman–Crippen MR) is 233 cm³/mol. The lowest BCUT2D eigenvalue weighted by molar-refractivity contribution is 0.745. The molecule has 0 fully saturated rings. The highest BCUT2D eigenvalue weighted by Crippen LogP contribution is 2.47. The van der Waals surface area contributed by atoms with Crippen molar-refractivity contribution in [3.8, 4) is 45.3 Å². The highest BCUT2D eigenvalue weighted by Gasteiger charge is 2.38. The molecule has 0 unspecified atom stereocenters. The SMILES string of the molecule is c1ccc(-c2nc(-c3ccccc3)nc(-c3cc(-c4cccc(C(c5ccccc5)(c5ccccc5)c5ccccc5)c4)cc4sc5ccccc5c34)n2)cc1. The molecule has 0 bridgehead atoms. The smallest absolute Gasteiger partial charge is 0.164 e. The van der Waals surface area contributed by atoms with Crippen LogP contribution >= 0.6 is 11.3 Å². The summed E-state index contributed by atoms with van der Waals surface area (Å²) in [4.78, 5) is 15.5. The summed E-state index contributed by atoms with van der Waals surface area (Å²) in [5.41, 5.74) is 9.36. The maximum Gasteiger partial charge on any atom is 0.164 e. The number of thiophene rings is 1. The van der Waals surface area contributed by atoms with Crippen LogP contribution < -0.4 is 0 Å². The third kappa shape index (κ3) is 5.88. The fourth-order valence-electron chi connectivity index (χ4n) is 8.12. The van der Waals surface area contributed by atoms with E-state index in [2.05, 4.69) is 176 Å². The average molecular weight is 734 g/mol. The first kappa shape index (κ1) is 33.6. The topological polar surface area (TPSA) is 38.7 Å². The summed E-state index contributed by atoms with van der Waals surface area (Å²) in [6, 6.07) is 75.4. The summed E-state index contributed by atoms with van der Waals surface area (Å²) in [6.07, 6.45) is 0. The largest absolute Gasteiger partial charge is 0.208 e. The van der Waals surface area contributed by atoms with Gasteiger partial charge in [0, 0.05) is 36.9 Å². The van der Waals surface area contributed by atoms with Crippen molar-refractivity contribution in [3.63, 3.8) is 0 Å². The second kappa shape index (κ2) is 14.3. The van der Waals surface area contributed by atoms with Crippen LogP contribution in [-0.2, 0) is 5.41 Å². The van der Waals surface area contributed by atoms with Crippen molar-refractivity contribution in [3.05, 3.63) is 235 Å². The highest BCUT2D eigenvalue weighted by molar-refractivity contribution is 7.26. The molecule has 0 aliphatic carbocycles. The third-order valence-electron chi connectivity index (χ3n) is 10.7. The van der Waals surface area contributed by atoms with E-state index < -0.39 is 5.41 Å². The van der Waals surface area contributed by atoms with Crippen molar-refractivity contribution in [2.24, 2.45) is 0 Å². The fourth-order valence-corrected chi connectivity index (χ4v) is 9.29. The molecule has 2 aromatic heterocycles. The van der Waals surface area contributed by atoms with Crippen LogP contribution in [0.5, 0.6) is 0 Å². The van der Waals surface area contributed by atoms with Crippen molar-refractivity contribution in [2.75, 3.05) is 0 Å². The molecule has 2 heterocycles. The van der Waals surface area contributed by atoms with Gasteiger partial charge in [0.1, 0.15) is 0 Å². The molecule has 10 rings (SSSR count). The summed E-state index contributed by atoms with van der Waals surface area (Å²) >= 11 is 1.81. The van der Waals surface area contributed by atoms with Crippen LogP contribution in [-0.4, -0.2) is 15.0 Å². The maximum atomic E-state index is 5.23. The van der Waals surface area contributed by atoms with Gasteiger partial charge in [0.25, 0.3) is 0 Å².